The molecule has 18 heavy (non-hydrogen) atoms. The van der Waals surface area contributed by atoms with Gasteiger partial charge in [0.05, 0.1) is 17.9 Å². The zero-order valence-electron chi connectivity index (χ0n) is 10.6. The first-order valence-electron chi connectivity index (χ1n) is 5.77. The predicted molar refractivity (Wildman–Crippen MR) is 69.9 cm³/mol. The topological polar surface area (TPSA) is 52.7 Å². The molecule has 2 rings (SSSR count). The molecule has 0 radical (unpaired) electrons. The van der Waals surface area contributed by atoms with Crippen molar-refractivity contribution in [3.05, 3.63) is 44.9 Å². The van der Waals surface area contributed by atoms with Crippen LogP contribution in [-0.4, -0.2) is 19.3 Å². The molecule has 0 N–H and O–H groups in total. The molecule has 2 aromatic rings. The number of aromatic nitrogens is 4. The highest BCUT2D eigenvalue weighted by Gasteiger charge is 2.09. The number of hydrogen-bond donors (Lipinski definition) is 0. The van der Waals surface area contributed by atoms with Gasteiger partial charge < -0.3 is 0 Å². The van der Waals surface area contributed by atoms with Crippen LogP contribution in [0.25, 0.3) is 0 Å². The number of aryl methyl sites for hydroxylation is 3. The normalized spacial score (nSPS) is 10.9. The highest BCUT2D eigenvalue weighted by Crippen LogP contribution is 2.07. The number of hydrogen-bond acceptors (Lipinski definition) is 3. The Bertz CT molecular complexity index is 629. The van der Waals surface area contributed by atoms with E-state index in [1.807, 2.05) is 27.0 Å². The Balaban J connectivity index is 2.46. The van der Waals surface area contributed by atoms with Gasteiger partial charge in [0.1, 0.15) is 11.0 Å². The van der Waals surface area contributed by atoms with Crippen molar-refractivity contribution in [1.82, 2.24) is 19.3 Å². The summed E-state index contributed by atoms with van der Waals surface area (Å²) in [4.78, 5) is 16.1. The first kappa shape index (κ1) is 12.8. The number of rotatable bonds is 3. The van der Waals surface area contributed by atoms with Crippen molar-refractivity contribution in [1.29, 1.82) is 0 Å². The van der Waals surface area contributed by atoms with E-state index in [0.29, 0.717) is 18.8 Å². The van der Waals surface area contributed by atoms with Crippen LogP contribution in [0.5, 0.6) is 0 Å². The molecule has 0 amide bonds. The zero-order chi connectivity index (χ0) is 13.3. The average molecular weight is 267 g/mol. The Kier molecular flexibility index (Phi) is 3.52. The van der Waals surface area contributed by atoms with Crippen LogP contribution in [-0.2, 0) is 20.0 Å². The van der Waals surface area contributed by atoms with Crippen molar-refractivity contribution in [2.75, 3.05) is 0 Å². The minimum absolute atomic E-state index is 0.134. The fourth-order valence-corrected chi connectivity index (χ4v) is 2.13. The maximum atomic E-state index is 12.0. The van der Waals surface area contributed by atoms with Crippen LogP contribution in [0, 0.1) is 6.92 Å². The lowest BCUT2D eigenvalue weighted by Crippen LogP contribution is -2.25. The number of nitrogens with zero attached hydrogens (tertiary/aromatic N) is 4. The van der Waals surface area contributed by atoms with E-state index in [1.54, 1.807) is 9.25 Å². The second-order valence-corrected chi connectivity index (χ2v) is 4.56. The standard InChI is InChI=1S/C12H15ClN4O/c1-4-11-14-10(13)6-12(18)17(11)7-9-5-8(2)15-16(9)3/h5-6H,4,7H2,1-3H3. The van der Waals surface area contributed by atoms with Gasteiger partial charge in [-0.3, -0.25) is 14.0 Å². The molecular formula is C12H15ClN4O. The van der Waals surface area contributed by atoms with Gasteiger partial charge in [-0.25, -0.2) is 4.98 Å². The smallest absolute Gasteiger partial charge is 0.255 e. The second-order valence-electron chi connectivity index (χ2n) is 4.17. The molecule has 5 nitrogen and oxygen atoms in total. The van der Waals surface area contributed by atoms with Crippen molar-refractivity contribution >= 4 is 11.6 Å². The van der Waals surface area contributed by atoms with E-state index in [0.717, 1.165) is 11.4 Å². The molecule has 96 valence electrons. The molecule has 0 unspecified atom stereocenters. The Morgan fingerprint density at radius 2 is 2.11 bits per heavy atom. The van der Waals surface area contributed by atoms with E-state index >= 15 is 0 Å². The molecule has 0 fully saturated rings. The summed E-state index contributed by atoms with van der Waals surface area (Å²) in [6, 6.07) is 3.30. The van der Waals surface area contributed by atoms with Gasteiger partial charge in [-0.1, -0.05) is 18.5 Å². The van der Waals surface area contributed by atoms with Crippen LogP contribution in [0.4, 0.5) is 0 Å². The second kappa shape index (κ2) is 4.94. The van der Waals surface area contributed by atoms with Crippen molar-refractivity contribution in [3.63, 3.8) is 0 Å². The van der Waals surface area contributed by atoms with Gasteiger partial charge >= 0.3 is 0 Å². The van der Waals surface area contributed by atoms with E-state index < -0.39 is 0 Å². The van der Waals surface area contributed by atoms with E-state index in [4.69, 9.17) is 11.6 Å². The van der Waals surface area contributed by atoms with Gasteiger partial charge in [0.25, 0.3) is 5.56 Å². The quantitative estimate of drug-likeness (QED) is 0.792. The fourth-order valence-electron chi connectivity index (χ4n) is 1.94. The first-order valence-corrected chi connectivity index (χ1v) is 6.15. The Labute approximate surface area is 110 Å². The predicted octanol–water partition coefficient (Wildman–Crippen LogP) is 1.55. The SMILES string of the molecule is CCc1nc(Cl)cc(=O)n1Cc1cc(C)nn1C. The summed E-state index contributed by atoms with van der Waals surface area (Å²) in [5.41, 5.74) is 1.76. The third-order valence-electron chi connectivity index (χ3n) is 2.79. The van der Waals surface area contributed by atoms with E-state index in [1.165, 1.54) is 6.07 Å². The highest BCUT2D eigenvalue weighted by atomic mass is 35.5. The molecule has 2 aromatic heterocycles. The molecule has 0 aromatic carbocycles. The summed E-state index contributed by atoms with van der Waals surface area (Å²) in [7, 11) is 1.86. The molecule has 0 atom stereocenters. The molecule has 6 heteroatoms. The molecule has 0 bridgehead atoms. The number of halogens is 1. The van der Waals surface area contributed by atoms with Gasteiger partial charge in [0.2, 0.25) is 0 Å². The van der Waals surface area contributed by atoms with Crippen LogP contribution < -0.4 is 5.56 Å². The monoisotopic (exact) mass is 266 g/mol. The summed E-state index contributed by atoms with van der Waals surface area (Å²) < 4.78 is 3.40. The maximum absolute atomic E-state index is 12.0. The summed E-state index contributed by atoms with van der Waals surface area (Å²) in [5.74, 6) is 0.686. The molecule has 0 aliphatic rings. The third kappa shape index (κ3) is 2.46. The van der Waals surface area contributed by atoms with Crippen molar-refractivity contribution < 1.29 is 0 Å². The lowest BCUT2D eigenvalue weighted by Gasteiger charge is -2.10. The highest BCUT2D eigenvalue weighted by molar-refractivity contribution is 6.29. The maximum Gasteiger partial charge on any atom is 0.255 e. The summed E-state index contributed by atoms with van der Waals surface area (Å²) in [6.07, 6.45) is 0.659. The van der Waals surface area contributed by atoms with Crippen LogP contribution in [0.2, 0.25) is 5.15 Å². The largest absolute Gasteiger partial charge is 0.291 e. The van der Waals surface area contributed by atoms with E-state index in [2.05, 4.69) is 10.1 Å². The van der Waals surface area contributed by atoms with E-state index in [9.17, 15) is 4.79 Å². The van der Waals surface area contributed by atoms with Crippen molar-refractivity contribution in [2.45, 2.75) is 26.8 Å². The molecule has 0 spiro atoms. The molecule has 2 heterocycles. The Morgan fingerprint density at radius 1 is 1.39 bits per heavy atom. The Morgan fingerprint density at radius 3 is 2.67 bits per heavy atom. The van der Waals surface area contributed by atoms with E-state index in [-0.39, 0.29) is 10.7 Å². The molecule has 0 aliphatic carbocycles. The van der Waals surface area contributed by atoms with Crippen LogP contribution in [0.3, 0.4) is 0 Å². The molecule has 0 saturated heterocycles. The average Bonchev–Trinajstić information content (AvgIpc) is 2.60. The summed E-state index contributed by atoms with van der Waals surface area (Å²) in [5, 5.41) is 4.51. The zero-order valence-corrected chi connectivity index (χ0v) is 11.4. The first-order chi connectivity index (χ1) is 8.51. The van der Waals surface area contributed by atoms with Crippen molar-refractivity contribution in [2.24, 2.45) is 7.05 Å². The van der Waals surface area contributed by atoms with Gasteiger partial charge in [-0.2, -0.15) is 5.10 Å². The third-order valence-corrected chi connectivity index (χ3v) is 2.98. The van der Waals surface area contributed by atoms with Crippen LogP contribution in [0.15, 0.2) is 16.9 Å². The van der Waals surface area contributed by atoms with Gasteiger partial charge in [-0.15, -0.1) is 0 Å². The lowest BCUT2D eigenvalue weighted by molar-refractivity contribution is 0.617. The minimum Gasteiger partial charge on any atom is -0.291 e. The summed E-state index contributed by atoms with van der Waals surface area (Å²) in [6.45, 7) is 4.33. The molecular weight excluding hydrogens is 252 g/mol. The molecule has 0 saturated carbocycles. The minimum atomic E-state index is -0.134. The van der Waals surface area contributed by atoms with Crippen LogP contribution in [0.1, 0.15) is 24.1 Å². The van der Waals surface area contributed by atoms with Crippen molar-refractivity contribution in [3.8, 4) is 0 Å². The lowest BCUT2D eigenvalue weighted by atomic mass is 10.3. The van der Waals surface area contributed by atoms with Crippen LogP contribution >= 0.6 is 11.6 Å². The van der Waals surface area contributed by atoms with Gasteiger partial charge in [0, 0.05) is 19.5 Å². The van der Waals surface area contributed by atoms with Gasteiger partial charge in [0.15, 0.2) is 0 Å². The Hall–Kier alpha value is -1.62. The van der Waals surface area contributed by atoms with Gasteiger partial charge in [-0.05, 0) is 13.0 Å². The molecule has 0 aliphatic heterocycles. The summed E-state index contributed by atoms with van der Waals surface area (Å²) >= 11 is 5.80. The fraction of sp³-hybridized carbons (Fsp3) is 0.417.